The van der Waals surface area contributed by atoms with E-state index >= 15 is 0 Å². The number of benzene rings is 2. The van der Waals surface area contributed by atoms with Gasteiger partial charge in [0.15, 0.2) is 0 Å². The Hall–Kier alpha value is -3.59. The van der Waals surface area contributed by atoms with Gasteiger partial charge in [-0.25, -0.2) is 9.97 Å². The molecule has 0 radical (unpaired) electrons. The number of amides is 1. The van der Waals surface area contributed by atoms with E-state index in [4.69, 9.17) is 4.74 Å². The summed E-state index contributed by atoms with van der Waals surface area (Å²) in [5, 5.41) is 4.73. The molecule has 0 unspecified atom stereocenters. The Balaban J connectivity index is 1.35. The molecule has 2 aromatic heterocycles. The van der Waals surface area contributed by atoms with Gasteiger partial charge in [0, 0.05) is 24.0 Å². The van der Waals surface area contributed by atoms with Gasteiger partial charge in [0.1, 0.15) is 17.0 Å². The van der Waals surface area contributed by atoms with Gasteiger partial charge in [-0.3, -0.25) is 4.79 Å². The first-order chi connectivity index (χ1) is 18.6. The summed E-state index contributed by atoms with van der Waals surface area (Å²) in [5.41, 5.74) is 3.52. The number of hydrogen-bond donors (Lipinski definition) is 1. The molecule has 4 aromatic rings. The number of nitrogens with one attached hydrogen (secondary N) is 1. The highest BCUT2D eigenvalue weighted by atomic mass is 32.1. The predicted molar refractivity (Wildman–Crippen MR) is 153 cm³/mol. The van der Waals surface area contributed by atoms with Crippen molar-refractivity contribution < 1.29 is 9.53 Å². The number of thiophene rings is 1. The zero-order valence-corrected chi connectivity index (χ0v) is 22.7. The monoisotopic (exact) mass is 527 g/mol. The maximum absolute atomic E-state index is 12.7. The van der Waals surface area contributed by atoms with E-state index in [0.717, 1.165) is 40.1 Å². The lowest BCUT2D eigenvalue weighted by atomic mass is 10.0. The molecule has 5 rings (SSSR count). The van der Waals surface area contributed by atoms with E-state index in [1.54, 1.807) is 23.7 Å². The number of hydrogen-bond acceptors (Lipinski definition) is 7. The number of fused-ring (bicyclic) bond motifs is 3. The molecule has 1 aliphatic rings. The average Bonchev–Trinajstić information content (AvgIpc) is 3.32. The van der Waals surface area contributed by atoms with Gasteiger partial charge in [-0.2, -0.15) is 0 Å². The van der Waals surface area contributed by atoms with Crippen molar-refractivity contribution in [2.24, 2.45) is 0 Å². The minimum atomic E-state index is -0.0722. The van der Waals surface area contributed by atoms with Crippen LogP contribution in [0.15, 0.2) is 79.1 Å². The third-order valence-electron chi connectivity index (χ3n) is 6.59. The number of aromatic nitrogens is 2. The number of anilines is 1. The molecule has 0 saturated carbocycles. The van der Waals surface area contributed by atoms with Crippen LogP contribution < -0.4 is 5.32 Å². The molecule has 8 heteroatoms. The normalized spacial score (nSPS) is 14.2. The molecule has 1 N–H and O–H groups in total. The molecule has 1 atom stereocenters. The number of carbonyl (C=O) groups is 1. The van der Waals surface area contributed by atoms with E-state index in [-0.39, 0.29) is 11.9 Å². The highest BCUT2D eigenvalue weighted by Gasteiger charge is 2.26. The fourth-order valence-corrected chi connectivity index (χ4v) is 5.84. The van der Waals surface area contributed by atoms with Crippen molar-refractivity contribution in [1.29, 1.82) is 0 Å². The van der Waals surface area contributed by atoms with Gasteiger partial charge in [-0.05, 0) is 37.2 Å². The van der Waals surface area contributed by atoms with Crippen molar-refractivity contribution in [3.8, 4) is 0 Å². The van der Waals surface area contributed by atoms with E-state index in [0.29, 0.717) is 26.3 Å². The summed E-state index contributed by atoms with van der Waals surface area (Å²) in [6.45, 7) is 3.07. The lowest BCUT2D eigenvalue weighted by molar-refractivity contribution is -0.126. The van der Waals surface area contributed by atoms with Crippen LogP contribution in [-0.4, -0.2) is 59.5 Å². The highest BCUT2D eigenvalue weighted by molar-refractivity contribution is 7.19. The smallest absolute Gasteiger partial charge is 0.246 e. The van der Waals surface area contributed by atoms with Crippen molar-refractivity contribution in [2.75, 3.05) is 39.1 Å². The van der Waals surface area contributed by atoms with Crippen molar-refractivity contribution in [1.82, 2.24) is 19.8 Å². The summed E-state index contributed by atoms with van der Waals surface area (Å²) in [5.74, 6) is 0.870. The van der Waals surface area contributed by atoms with Gasteiger partial charge < -0.3 is 19.9 Å². The molecule has 0 saturated heterocycles. The van der Waals surface area contributed by atoms with E-state index in [2.05, 4.69) is 39.6 Å². The van der Waals surface area contributed by atoms with Crippen molar-refractivity contribution in [2.45, 2.75) is 25.6 Å². The quantitative estimate of drug-likeness (QED) is 0.291. The number of carbonyl (C=O) groups excluding carboxylic acids is 1. The Morgan fingerprint density at radius 3 is 2.66 bits per heavy atom. The van der Waals surface area contributed by atoms with Gasteiger partial charge in [0.05, 0.1) is 31.2 Å². The Kier molecular flexibility index (Phi) is 8.43. The molecule has 0 aliphatic carbocycles. The molecule has 196 valence electrons. The van der Waals surface area contributed by atoms with E-state index in [1.807, 2.05) is 66.4 Å². The Bertz CT molecular complexity index is 1390. The average molecular weight is 528 g/mol. The number of nitrogens with zero attached hydrogens (tertiary/aromatic N) is 4. The van der Waals surface area contributed by atoms with Crippen LogP contribution >= 0.6 is 11.3 Å². The van der Waals surface area contributed by atoms with E-state index in [9.17, 15) is 4.79 Å². The second-order valence-corrected chi connectivity index (χ2v) is 10.8. The first-order valence-electron chi connectivity index (χ1n) is 12.9. The highest BCUT2D eigenvalue weighted by Crippen LogP contribution is 2.38. The van der Waals surface area contributed by atoms with E-state index in [1.165, 1.54) is 10.4 Å². The third-order valence-corrected chi connectivity index (χ3v) is 7.71. The maximum atomic E-state index is 12.7. The molecule has 0 bridgehead atoms. The van der Waals surface area contributed by atoms with Crippen molar-refractivity contribution in [3.05, 3.63) is 101 Å². The van der Waals surface area contributed by atoms with Crippen LogP contribution in [0.5, 0.6) is 0 Å². The molecule has 1 aliphatic heterocycles. The fraction of sp³-hybridized carbons (Fsp3) is 0.300. The van der Waals surface area contributed by atoms with Crippen LogP contribution in [0.2, 0.25) is 0 Å². The number of rotatable bonds is 10. The van der Waals surface area contributed by atoms with Crippen LogP contribution in [0.3, 0.4) is 0 Å². The fourth-order valence-electron chi connectivity index (χ4n) is 4.64. The second-order valence-electron chi connectivity index (χ2n) is 9.69. The second kappa shape index (κ2) is 12.3. The van der Waals surface area contributed by atoms with Gasteiger partial charge in [-0.1, -0.05) is 66.7 Å². The minimum Gasteiger partial charge on any atom is -0.374 e. The first-order valence-corrected chi connectivity index (χ1v) is 13.7. The molecule has 2 aromatic carbocycles. The maximum Gasteiger partial charge on any atom is 0.246 e. The molecular weight excluding hydrogens is 494 g/mol. The summed E-state index contributed by atoms with van der Waals surface area (Å²) in [4.78, 5) is 28.1. The Morgan fingerprint density at radius 1 is 1.13 bits per heavy atom. The molecular formula is C30H33N5O2S. The molecule has 38 heavy (non-hydrogen) atoms. The van der Waals surface area contributed by atoms with Crippen molar-refractivity contribution >= 4 is 33.3 Å². The zero-order valence-electron chi connectivity index (χ0n) is 21.8. The number of ether oxygens (including phenoxy) is 1. The molecule has 0 spiro atoms. The van der Waals surface area contributed by atoms with E-state index < -0.39 is 0 Å². The number of likely N-dealkylation sites (N-methyl/N-ethyl adjacent to an activating group) is 1. The summed E-state index contributed by atoms with van der Waals surface area (Å²) >= 11 is 1.65. The lowest BCUT2D eigenvalue weighted by Gasteiger charge is -2.26. The van der Waals surface area contributed by atoms with Crippen LogP contribution in [0, 0.1) is 0 Å². The van der Waals surface area contributed by atoms with Gasteiger partial charge in [0.25, 0.3) is 0 Å². The van der Waals surface area contributed by atoms with Gasteiger partial charge in [-0.15, -0.1) is 11.3 Å². The topological polar surface area (TPSA) is 70.6 Å². The minimum absolute atomic E-state index is 0.0547. The van der Waals surface area contributed by atoms with Gasteiger partial charge in [0.2, 0.25) is 5.91 Å². The van der Waals surface area contributed by atoms with Crippen LogP contribution in [0.4, 0.5) is 5.82 Å². The Labute approximate surface area is 227 Å². The zero-order chi connectivity index (χ0) is 26.3. The molecule has 1 amide bonds. The summed E-state index contributed by atoms with van der Waals surface area (Å²) < 4.78 is 6.15. The van der Waals surface area contributed by atoms with Crippen molar-refractivity contribution in [3.63, 3.8) is 0 Å². The lowest BCUT2D eigenvalue weighted by Crippen LogP contribution is -2.34. The predicted octanol–water partition coefficient (Wildman–Crippen LogP) is 5.06. The molecule has 3 heterocycles. The Morgan fingerprint density at radius 2 is 1.89 bits per heavy atom. The summed E-state index contributed by atoms with van der Waals surface area (Å²) in [6.07, 6.45) is 6.00. The first kappa shape index (κ1) is 26.0. The summed E-state index contributed by atoms with van der Waals surface area (Å²) in [7, 11) is 3.98. The molecule has 0 fully saturated rings. The summed E-state index contributed by atoms with van der Waals surface area (Å²) in [6, 6.07) is 20.5. The van der Waals surface area contributed by atoms with Crippen LogP contribution in [-0.2, 0) is 29.1 Å². The van der Waals surface area contributed by atoms with Crippen LogP contribution in [0.25, 0.3) is 10.2 Å². The largest absolute Gasteiger partial charge is 0.374 e. The standard InChI is InChI=1S/C30H33N5O2S/c1-34(2)16-9-14-27(36)35-17-15-24-26(18-35)38-30-28(24)29(31-21-32-30)33-25(23-12-7-4-8-13-23)20-37-19-22-10-5-3-6-11-22/h3-14,21,25H,15-20H2,1-2H3,(H,31,32,33)/t25-/m1/s1. The molecule has 7 nitrogen and oxygen atoms in total. The third kappa shape index (κ3) is 6.27. The van der Waals surface area contributed by atoms with Gasteiger partial charge >= 0.3 is 0 Å². The SMILES string of the molecule is CN(C)CC=CC(=O)N1CCc2c(sc3ncnc(N[C@H](COCc4ccccc4)c4ccccc4)c23)C1. The van der Waals surface area contributed by atoms with Crippen LogP contribution in [0.1, 0.15) is 27.6 Å².